The van der Waals surface area contributed by atoms with Crippen LogP contribution < -0.4 is 5.32 Å². The number of amides is 2. The molecule has 1 aliphatic rings. The summed E-state index contributed by atoms with van der Waals surface area (Å²) in [5.74, 6) is -4.53. The second kappa shape index (κ2) is 8.68. The molecule has 0 unspecified atom stereocenters. The van der Waals surface area contributed by atoms with Crippen molar-refractivity contribution in [3.05, 3.63) is 69.8 Å². The van der Waals surface area contributed by atoms with Crippen molar-refractivity contribution in [2.24, 2.45) is 0 Å². The number of carbonyl (C=O) groups is 4. The summed E-state index contributed by atoms with van der Waals surface area (Å²) in [6, 6.07) is 11.4. The van der Waals surface area contributed by atoms with Crippen molar-refractivity contribution in [1.29, 1.82) is 0 Å². The molecule has 3 N–H and O–H groups in total. The number of imide groups is 1. The Balaban J connectivity index is 1.72. The van der Waals surface area contributed by atoms with Gasteiger partial charge >= 0.3 is 11.9 Å². The highest BCUT2D eigenvalue weighted by molar-refractivity contribution is 6.26. The van der Waals surface area contributed by atoms with E-state index in [2.05, 4.69) is 17.4 Å². The van der Waals surface area contributed by atoms with Gasteiger partial charge in [0.25, 0.3) is 11.8 Å². The van der Waals surface area contributed by atoms with E-state index < -0.39 is 34.9 Å². The fourth-order valence-corrected chi connectivity index (χ4v) is 3.68. The molecule has 7 heteroatoms. The van der Waals surface area contributed by atoms with Crippen molar-refractivity contribution in [2.45, 2.75) is 38.5 Å². The Kier molecular flexibility index (Phi) is 6.07. The van der Waals surface area contributed by atoms with Gasteiger partial charge in [0, 0.05) is 0 Å². The molecule has 1 aliphatic heterocycles. The number of nitrogens with one attached hydrogen (secondary N) is 1. The van der Waals surface area contributed by atoms with E-state index in [1.807, 2.05) is 18.2 Å². The van der Waals surface area contributed by atoms with Gasteiger partial charge in [-0.1, -0.05) is 43.2 Å². The molecule has 29 heavy (non-hydrogen) atoms. The number of unbranched alkanes of at least 4 members (excludes halogenated alkanes) is 3. The van der Waals surface area contributed by atoms with Gasteiger partial charge in [-0.15, -0.1) is 0 Å². The van der Waals surface area contributed by atoms with Crippen molar-refractivity contribution >= 4 is 23.8 Å². The normalized spacial score (nSPS) is 12.6. The maximum absolute atomic E-state index is 12.2. The molecule has 0 aromatic heterocycles. The molecule has 0 bridgehead atoms. The summed E-state index contributed by atoms with van der Waals surface area (Å²) in [4.78, 5) is 47.3. The lowest BCUT2D eigenvalue weighted by Crippen LogP contribution is -2.21. The van der Waals surface area contributed by atoms with E-state index in [0.717, 1.165) is 25.7 Å². The lowest BCUT2D eigenvalue weighted by atomic mass is 9.90. The summed E-state index contributed by atoms with van der Waals surface area (Å²) < 4.78 is 0. The van der Waals surface area contributed by atoms with Crippen LogP contribution in [0, 0.1) is 0 Å². The number of rotatable bonds is 9. The van der Waals surface area contributed by atoms with Crippen molar-refractivity contribution in [2.75, 3.05) is 0 Å². The molecule has 150 valence electrons. The number of fused-ring (bicyclic) bond motifs is 1. The average molecular weight is 395 g/mol. The van der Waals surface area contributed by atoms with E-state index in [-0.39, 0.29) is 11.1 Å². The van der Waals surface area contributed by atoms with E-state index in [9.17, 15) is 29.4 Å². The van der Waals surface area contributed by atoms with Crippen LogP contribution in [0.2, 0.25) is 0 Å². The molecule has 7 nitrogen and oxygen atoms in total. The summed E-state index contributed by atoms with van der Waals surface area (Å²) >= 11 is 0. The molecule has 2 amide bonds. The topological polar surface area (TPSA) is 121 Å². The summed E-state index contributed by atoms with van der Waals surface area (Å²) in [6.45, 7) is 0. The molecular formula is C22H21NO6. The first-order chi connectivity index (χ1) is 13.9. The Morgan fingerprint density at radius 2 is 1.41 bits per heavy atom. The molecule has 0 saturated carbocycles. The number of benzene rings is 2. The third kappa shape index (κ3) is 4.34. The van der Waals surface area contributed by atoms with Crippen LogP contribution in [-0.4, -0.2) is 34.0 Å². The summed E-state index contributed by atoms with van der Waals surface area (Å²) in [7, 11) is 0. The first kappa shape index (κ1) is 20.3. The van der Waals surface area contributed by atoms with Gasteiger partial charge in [0.2, 0.25) is 0 Å². The number of carboxylic acids is 2. The predicted octanol–water partition coefficient (Wildman–Crippen LogP) is 3.31. The quantitative estimate of drug-likeness (QED) is 0.442. The maximum Gasteiger partial charge on any atom is 0.337 e. The molecule has 2 aromatic rings. The van der Waals surface area contributed by atoms with E-state index >= 15 is 0 Å². The zero-order valence-electron chi connectivity index (χ0n) is 15.7. The predicted molar refractivity (Wildman–Crippen MR) is 104 cm³/mol. The van der Waals surface area contributed by atoms with Crippen LogP contribution in [0.25, 0.3) is 0 Å². The summed E-state index contributed by atoms with van der Waals surface area (Å²) in [6.07, 6.45) is 4.94. The summed E-state index contributed by atoms with van der Waals surface area (Å²) in [5.41, 5.74) is 0.204. The molecule has 0 spiro atoms. The van der Waals surface area contributed by atoms with Gasteiger partial charge in [-0.25, -0.2) is 9.59 Å². The van der Waals surface area contributed by atoms with E-state index in [4.69, 9.17) is 0 Å². The minimum absolute atomic E-state index is 0.0123. The number of aromatic carboxylic acids is 2. The molecule has 0 atom stereocenters. The smallest absolute Gasteiger partial charge is 0.337 e. The highest BCUT2D eigenvalue weighted by atomic mass is 16.4. The number of hydrogen-bond acceptors (Lipinski definition) is 4. The van der Waals surface area contributed by atoms with Crippen molar-refractivity contribution < 1.29 is 29.4 Å². The van der Waals surface area contributed by atoms with E-state index in [0.29, 0.717) is 18.4 Å². The monoisotopic (exact) mass is 395 g/mol. The standard InChI is InChI=1S/C22H21NO6/c24-19-16-14(11-7-2-1-4-8-13-9-5-3-6-10-13)12-15(21(26)27)17(22(28)29)18(16)20(25)23-19/h3,5-6,9-10,12H,1-2,4,7-8,11H2,(H,26,27)(H,28,29)(H,23,24,25). The maximum atomic E-state index is 12.2. The third-order valence-corrected chi connectivity index (χ3v) is 5.04. The number of carboxylic acid groups (broad SMARTS) is 2. The highest BCUT2D eigenvalue weighted by Crippen LogP contribution is 2.29. The molecular weight excluding hydrogens is 374 g/mol. The van der Waals surface area contributed by atoms with Gasteiger partial charge < -0.3 is 10.2 Å². The van der Waals surface area contributed by atoms with Crippen LogP contribution >= 0.6 is 0 Å². The Morgan fingerprint density at radius 3 is 2.03 bits per heavy atom. The zero-order chi connectivity index (χ0) is 21.0. The lowest BCUT2D eigenvalue weighted by Gasteiger charge is -2.11. The average Bonchev–Trinajstić information content (AvgIpc) is 2.99. The molecule has 0 radical (unpaired) electrons. The van der Waals surface area contributed by atoms with Crippen LogP contribution in [0.5, 0.6) is 0 Å². The van der Waals surface area contributed by atoms with Crippen molar-refractivity contribution in [1.82, 2.24) is 5.32 Å². The number of hydrogen-bond donors (Lipinski definition) is 3. The van der Waals surface area contributed by atoms with Crippen LogP contribution in [-0.2, 0) is 12.8 Å². The Hall–Kier alpha value is -3.48. The first-order valence-corrected chi connectivity index (χ1v) is 9.46. The molecule has 3 rings (SSSR count). The molecule has 1 heterocycles. The highest BCUT2D eigenvalue weighted by Gasteiger charge is 2.37. The number of aryl methyl sites for hydroxylation is 2. The molecule has 0 aliphatic carbocycles. The zero-order valence-corrected chi connectivity index (χ0v) is 15.7. The fourth-order valence-electron chi connectivity index (χ4n) is 3.68. The minimum Gasteiger partial charge on any atom is -0.478 e. The van der Waals surface area contributed by atoms with Gasteiger partial charge in [-0.3, -0.25) is 14.9 Å². The van der Waals surface area contributed by atoms with Gasteiger partial charge in [0.15, 0.2) is 0 Å². The van der Waals surface area contributed by atoms with Gasteiger partial charge in [0.05, 0.1) is 22.3 Å². The lowest BCUT2D eigenvalue weighted by molar-refractivity contribution is 0.0649. The second-order valence-electron chi connectivity index (χ2n) is 7.00. The largest absolute Gasteiger partial charge is 0.478 e. The Bertz CT molecular complexity index is 981. The Labute approximate surface area is 167 Å². The van der Waals surface area contributed by atoms with Crippen LogP contribution in [0.3, 0.4) is 0 Å². The third-order valence-electron chi connectivity index (χ3n) is 5.04. The molecule has 2 aromatic carbocycles. The molecule has 0 saturated heterocycles. The van der Waals surface area contributed by atoms with Crippen molar-refractivity contribution in [3.8, 4) is 0 Å². The minimum atomic E-state index is -1.55. The molecule has 0 fully saturated rings. The second-order valence-corrected chi connectivity index (χ2v) is 7.00. The summed E-state index contributed by atoms with van der Waals surface area (Å²) in [5, 5.41) is 20.9. The van der Waals surface area contributed by atoms with Crippen LogP contribution in [0.15, 0.2) is 36.4 Å². The van der Waals surface area contributed by atoms with Crippen LogP contribution in [0.1, 0.15) is 78.2 Å². The van der Waals surface area contributed by atoms with Gasteiger partial charge in [0.1, 0.15) is 0 Å². The Morgan fingerprint density at radius 1 is 0.793 bits per heavy atom. The first-order valence-electron chi connectivity index (χ1n) is 9.46. The van der Waals surface area contributed by atoms with Gasteiger partial charge in [-0.2, -0.15) is 0 Å². The fraction of sp³-hybridized carbons (Fsp3) is 0.273. The van der Waals surface area contributed by atoms with E-state index in [1.165, 1.54) is 11.6 Å². The number of carbonyl (C=O) groups excluding carboxylic acids is 2. The van der Waals surface area contributed by atoms with E-state index in [1.54, 1.807) is 0 Å². The van der Waals surface area contributed by atoms with Crippen molar-refractivity contribution in [3.63, 3.8) is 0 Å². The van der Waals surface area contributed by atoms with Gasteiger partial charge in [-0.05, 0) is 42.9 Å². The van der Waals surface area contributed by atoms with Crippen LogP contribution in [0.4, 0.5) is 0 Å². The SMILES string of the molecule is O=C(O)c1cc(CCCCCCc2ccccc2)c2c(c1C(=O)O)C(=O)NC2=O.